The number of halogens is 6. The summed E-state index contributed by atoms with van der Waals surface area (Å²) in [5.41, 5.74) is 9.17. The van der Waals surface area contributed by atoms with E-state index in [1.807, 2.05) is 64.1 Å². The monoisotopic (exact) mass is 1060 g/mol. The fourth-order valence-electron chi connectivity index (χ4n) is 8.42. The maximum atomic E-state index is 13.6. The largest absolute Gasteiger partial charge is 0.475 e. The first-order valence-corrected chi connectivity index (χ1v) is 28.0. The number of benzene rings is 4. The lowest BCUT2D eigenvalue weighted by Crippen LogP contribution is -2.27. The third-order valence-electron chi connectivity index (χ3n) is 11.3. The van der Waals surface area contributed by atoms with Gasteiger partial charge in [-0.25, -0.2) is 4.79 Å². The van der Waals surface area contributed by atoms with Crippen molar-refractivity contribution in [3.8, 4) is 11.5 Å². The number of amides is 1. The van der Waals surface area contributed by atoms with E-state index in [-0.39, 0.29) is 29.4 Å². The molecule has 6 aromatic rings. The summed E-state index contributed by atoms with van der Waals surface area (Å²) in [5.74, 6) is 4.55. The maximum Gasteiger partial charge on any atom is 0.437 e. The molecular weight excluding hydrogens is 982 g/mol. The average Bonchev–Trinajstić information content (AvgIpc) is 3.95. The van der Waals surface area contributed by atoms with Crippen molar-refractivity contribution in [3.63, 3.8) is 0 Å². The fourth-order valence-corrected chi connectivity index (χ4v) is 8.42. The molecule has 2 unspecified atom stereocenters. The third kappa shape index (κ3) is 16.7. The molecule has 2 aromatic heterocycles. The number of hydrogen-bond donors (Lipinski definition) is 2. The number of aryl methyl sites for hydroxylation is 4. The quantitative estimate of drug-likeness (QED) is 0.0427. The van der Waals surface area contributed by atoms with E-state index in [0.717, 1.165) is 24.0 Å². The van der Waals surface area contributed by atoms with Crippen molar-refractivity contribution in [2.24, 2.45) is 22.3 Å². The number of primary amides is 1. The molecule has 0 aliphatic heterocycles. The van der Waals surface area contributed by atoms with Gasteiger partial charge in [0, 0.05) is 22.3 Å². The molecule has 18 heteroatoms. The first-order valence-electron chi connectivity index (χ1n) is 25.1. The van der Waals surface area contributed by atoms with Crippen LogP contribution in [0.5, 0.6) is 11.5 Å². The number of nitrogens with two attached hydrogens (primary N) is 2. The molecule has 6 rings (SSSR count). The first-order chi connectivity index (χ1) is 34.4. The minimum absolute atomic E-state index is 0. The number of ether oxygens (including phenoxy) is 3. The molecule has 406 valence electrons. The van der Waals surface area contributed by atoms with Crippen LogP contribution in [0.4, 0.5) is 26.3 Å². The summed E-state index contributed by atoms with van der Waals surface area (Å²) < 4.78 is 114. The lowest BCUT2D eigenvalue weighted by molar-refractivity contribution is -0.149. The van der Waals surface area contributed by atoms with E-state index in [1.165, 1.54) is 19.2 Å². The van der Waals surface area contributed by atoms with Crippen LogP contribution in [0.25, 0.3) is 21.9 Å². The summed E-state index contributed by atoms with van der Waals surface area (Å²) in [6.07, 6.45) is -5.34. The van der Waals surface area contributed by atoms with Crippen LogP contribution in [-0.4, -0.2) is 43.7 Å². The van der Waals surface area contributed by atoms with E-state index in [4.69, 9.17) is 33.7 Å². The van der Waals surface area contributed by atoms with Crippen molar-refractivity contribution < 1.29 is 59.2 Å². The molecule has 0 saturated carbocycles. The van der Waals surface area contributed by atoms with Crippen LogP contribution in [0.1, 0.15) is 157 Å². The highest BCUT2D eigenvalue weighted by atomic mass is 27.2. The van der Waals surface area contributed by atoms with Crippen LogP contribution in [-0.2, 0) is 65.2 Å². The van der Waals surface area contributed by atoms with Crippen molar-refractivity contribution in [1.82, 2.24) is 10.3 Å². The third-order valence-corrected chi connectivity index (χ3v) is 11.3. The Morgan fingerprint density at radius 2 is 0.959 bits per heavy atom. The Morgan fingerprint density at radius 3 is 1.26 bits per heavy atom. The van der Waals surface area contributed by atoms with Crippen LogP contribution < -0.4 is 19.9 Å². The lowest BCUT2D eigenvalue weighted by atomic mass is 9.97. The molecule has 11 nitrogen and oxygen atoms in total. The Labute approximate surface area is 436 Å². The van der Waals surface area contributed by atoms with Gasteiger partial charge in [0.1, 0.15) is 11.5 Å². The highest BCUT2D eigenvalue weighted by Gasteiger charge is 2.40. The van der Waals surface area contributed by atoms with Gasteiger partial charge in [0.2, 0.25) is 12.2 Å². The highest BCUT2D eigenvalue weighted by Crippen LogP contribution is 2.44. The molecule has 2 heterocycles. The Kier molecular flexibility index (Phi) is 24.0. The standard InChI is InChI=1S/C27H32F3NO4.C26H31F3N2O3.CH4.2CH3.Al.H2N/c1-6-8-19-15-21-24(35-31-25(21)27(28,29)30)20(9-7-2)22(19)34-23(26(32)33-5)18-12-10-17(11-13-18)14-16(3)4;1-5-7-18-14-20-23(34-31-24(20)26(27,28)29)19(8-6-2)21(18)33-22(25(30)32)17-11-9-16(10-12-17)13-15(3)4;;;;;/h10-13,15-16,23H,6-9,14H2,1-5H3;9-12,14-15,22H,5-8,13H2,1-4H3,(H2,30,32);1H4;2*1H3;;1H2/q;;;;;+1;-1. The van der Waals surface area contributed by atoms with Crippen LogP contribution in [0.15, 0.2) is 69.7 Å². The zero-order valence-electron chi connectivity index (χ0n) is 43.9. The molecule has 0 fully saturated rings. The second-order valence-electron chi connectivity index (χ2n) is 19.3. The van der Waals surface area contributed by atoms with Crippen molar-refractivity contribution in [1.29, 1.82) is 0 Å². The molecule has 4 aromatic carbocycles. The topological polar surface area (TPSA) is 166 Å². The molecule has 0 aliphatic carbocycles. The number of aromatic nitrogens is 2. The molecule has 0 saturated heterocycles. The predicted molar refractivity (Wildman–Crippen MR) is 280 cm³/mol. The smallest absolute Gasteiger partial charge is 0.437 e. The van der Waals surface area contributed by atoms with Crippen LogP contribution in [0, 0.1) is 11.8 Å². The molecule has 2 atom stereocenters. The summed E-state index contributed by atoms with van der Waals surface area (Å²) in [4.78, 5) is 25.2. The Balaban J connectivity index is 0.000000359. The number of esters is 1. The van der Waals surface area contributed by atoms with Crippen molar-refractivity contribution in [2.45, 2.75) is 163 Å². The van der Waals surface area contributed by atoms with E-state index < -0.39 is 62.2 Å². The number of fused-ring (bicyclic) bond motifs is 2. The van der Waals surface area contributed by atoms with Crippen molar-refractivity contribution in [3.05, 3.63) is 117 Å². The second kappa shape index (κ2) is 28.4. The minimum atomic E-state index is -4.65. The average molecular weight is 1060 g/mol. The van der Waals surface area contributed by atoms with Gasteiger partial charge in [0.25, 0.3) is 5.91 Å². The molecule has 0 bridgehead atoms. The zero-order valence-corrected chi connectivity index (χ0v) is 45.1. The van der Waals surface area contributed by atoms with Gasteiger partial charge >= 0.3 is 32.7 Å². The van der Waals surface area contributed by atoms with Gasteiger partial charge in [-0.15, -0.1) is 0 Å². The van der Waals surface area contributed by atoms with Gasteiger partial charge in [-0.3, -0.25) is 4.79 Å². The summed E-state index contributed by atoms with van der Waals surface area (Å²) in [6.45, 7) is 16.2. The second-order valence-corrected chi connectivity index (χ2v) is 21.8. The zero-order chi connectivity index (χ0) is 54.4. The molecule has 0 aliphatic rings. The maximum absolute atomic E-state index is 13.6. The number of nitrogens with zero attached hydrogens (tertiary/aromatic N) is 2. The Hall–Kier alpha value is -5.57. The summed E-state index contributed by atoms with van der Waals surface area (Å²) >= 11 is -0.639. The van der Waals surface area contributed by atoms with E-state index >= 15 is 0 Å². The normalized spacial score (nSPS) is 12.4. The van der Waals surface area contributed by atoms with Crippen molar-refractivity contribution >= 4 is 48.2 Å². The Morgan fingerprint density at radius 1 is 0.622 bits per heavy atom. The van der Waals surface area contributed by atoms with Gasteiger partial charge in [-0.05, 0) is 84.7 Å². The summed E-state index contributed by atoms with van der Waals surface area (Å²) in [6, 6.07) is 17.9. The number of carbonyl (C=O) groups excluding carboxylic acids is 2. The Bertz CT molecular complexity index is 2710. The van der Waals surface area contributed by atoms with E-state index in [0.29, 0.717) is 108 Å². The van der Waals surface area contributed by atoms with Gasteiger partial charge in [-0.2, -0.15) is 26.3 Å². The molecule has 1 amide bonds. The van der Waals surface area contributed by atoms with Gasteiger partial charge in [-0.1, -0.05) is 159 Å². The lowest BCUT2D eigenvalue weighted by Gasteiger charge is -2.22. The molecule has 0 radical (unpaired) electrons. The van der Waals surface area contributed by atoms with Crippen LogP contribution >= 0.6 is 0 Å². The molecular formula is C56H75AlF6N4O7. The summed E-state index contributed by atoms with van der Waals surface area (Å²) in [5, 5.41) is 6.45. The summed E-state index contributed by atoms with van der Waals surface area (Å²) in [7, 11) is 1.28. The molecule has 4 N–H and O–H groups in total. The number of rotatable bonds is 20. The number of methoxy groups -OCH3 is 1. The van der Waals surface area contributed by atoms with Crippen LogP contribution in [0.3, 0.4) is 0 Å². The SMILES string of the molecule is C.CCCc1cc2c(C(F)(F)F)noc2c(CCC)c1OC(C(=O)OC)c1ccc(CC(C)C)cc1.CCCc1cc2c(C(F)(F)F)noc2c(CCC)c1OC(C(N)=O)c1ccc(CC(C)C)cc1.[CH3][Al]([CH3])[NH2]. The van der Waals surface area contributed by atoms with Crippen molar-refractivity contribution in [2.75, 3.05) is 7.11 Å². The van der Waals surface area contributed by atoms with E-state index in [1.54, 1.807) is 12.1 Å². The van der Waals surface area contributed by atoms with E-state index in [9.17, 15) is 35.9 Å². The number of alkyl halides is 6. The highest BCUT2D eigenvalue weighted by molar-refractivity contribution is 6.51. The number of carbonyl (C=O) groups is 2. The predicted octanol–water partition coefficient (Wildman–Crippen LogP) is 14.6. The molecule has 0 spiro atoms. The molecule has 74 heavy (non-hydrogen) atoms. The fraction of sp³-hybridized carbons (Fsp3) is 0.500. The van der Waals surface area contributed by atoms with Gasteiger partial charge in [0.05, 0.1) is 17.9 Å². The van der Waals surface area contributed by atoms with Gasteiger partial charge < -0.3 is 33.7 Å². The minimum Gasteiger partial charge on any atom is -0.475 e. The number of hydrogen-bond acceptors (Lipinski definition) is 10. The first kappa shape index (κ1) is 62.7. The van der Waals surface area contributed by atoms with E-state index in [2.05, 4.69) is 49.6 Å². The van der Waals surface area contributed by atoms with Crippen LogP contribution in [0.2, 0.25) is 11.6 Å². The van der Waals surface area contributed by atoms with Gasteiger partial charge in [0.15, 0.2) is 22.6 Å².